The fraction of sp³-hybridized carbons (Fsp3) is 0.300. The third-order valence-corrected chi connectivity index (χ3v) is 4.23. The average molecular weight is 376 g/mol. The smallest absolute Gasteiger partial charge is 0.303 e. The molecule has 2 aromatic carbocycles. The van der Waals surface area contributed by atoms with Crippen LogP contribution in [-0.4, -0.2) is 30.1 Å². The molecule has 1 unspecified atom stereocenters. The quantitative estimate of drug-likeness (QED) is 0.703. The van der Waals surface area contributed by atoms with Crippen LogP contribution in [0, 0.1) is 0 Å². The van der Waals surface area contributed by atoms with E-state index in [2.05, 4.69) is 5.32 Å². The molecule has 2 aromatic rings. The van der Waals surface area contributed by atoms with Gasteiger partial charge in [0.05, 0.1) is 13.5 Å². The lowest BCUT2D eigenvalue weighted by atomic mass is 10.0. The fourth-order valence-electron chi connectivity index (χ4n) is 2.76. The number of nitrogens with one attached hydrogen (secondary N) is 1. The van der Waals surface area contributed by atoms with Crippen molar-refractivity contribution >= 4 is 23.5 Å². The lowest BCUT2D eigenvalue weighted by Gasteiger charge is -2.19. The molecule has 0 aromatic heterocycles. The molecular weight excluding hydrogens is 354 g/mol. The number of halogens is 1. The number of hydrogen-bond donors (Lipinski definition) is 2. The van der Waals surface area contributed by atoms with Crippen molar-refractivity contribution in [3.8, 4) is 5.75 Å². The average Bonchev–Trinajstić information content (AvgIpc) is 2.60. The molecule has 0 saturated carbocycles. The van der Waals surface area contributed by atoms with Crippen molar-refractivity contribution in [1.29, 1.82) is 0 Å². The van der Waals surface area contributed by atoms with Gasteiger partial charge in [-0.3, -0.25) is 9.59 Å². The SMILES string of the molecule is COc1ccc(Cl)cc1CC(=O)NC(CCC(=O)O)Cc1ccccc1. The van der Waals surface area contributed by atoms with E-state index in [1.807, 2.05) is 30.3 Å². The third-order valence-electron chi connectivity index (χ3n) is 3.99. The summed E-state index contributed by atoms with van der Waals surface area (Å²) in [6, 6.07) is 14.5. The van der Waals surface area contributed by atoms with Crippen molar-refractivity contribution in [3.05, 3.63) is 64.7 Å². The van der Waals surface area contributed by atoms with Crippen LogP contribution in [0.1, 0.15) is 24.0 Å². The van der Waals surface area contributed by atoms with Gasteiger partial charge in [-0.05, 0) is 36.6 Å². The Morgan fingerprint density at radius 1 is 1.19 bits per heavy atom. The maximum Gasteiger partial charge on any atom is 0.303 e. The van der Waals surface area contributed by atoms with Crippen LogP contribution in [0.5, 0.6) is 5.75 Å². The molecule has 1 atom stereocenters. The predicted molar refractivity (Wildman–Crippen MR) is 101 cm³/mol. The van der Waals surface area contributed by atoms with Crippen molar-refractivity contribution in [1.82, 2.24) is 5.32 Å². The van der Waals surface area contributed by atoms with Crippen LogP contribution in [-0.2, 0) is 22.4 Å². The number of carboxylic acid groups (broad SMARTS) is 1. The van der Waals surface area contributed by atoms with Gasteiger partial charge in [0.25, 0.3) is 0 Å². The van der Waals surface area contributed by atoms with Crippen LogP contribution in [0.2, 0.25) is 5.02 Å². The zero-order valence-corrected chi connectivity index (χ0v) is 15.3. The molecule has 0 aliphatic heterocycles. The number of carbonyl (C=O) groups is 2. The van der Waals surface area contributed by atoms with Crippen LogP contribution in [0.15, 0.2) is 48.5 Å². The number of ether oxygens (including phenoxy) is 1. The molecule has 0 aliphatic carbocycles. The highest BCUT2D eigenvalue weighted by atomic mass is 35.5. The van der Waals surface area contributed by atoms with Gasteiger partial charge in [0.15, 0.2) is 0 Å². The van der Waals surface area contributed by atoms with E-state index < -0.39 is 5.97 Å². The summed E-state index contributed by atoms with van der Waals surface area (Å²) in [4.78, 5) is 23.4. The number of carbonyl (C=O) groups excluding carboxylic acids is 1. The molecule has 0 fully saturated rings. The van der Waals surface area contributed by atoms with E-state index in [9.17, 15) is 9.59 Å². The molecular formula is C20H22ClNO4. The Morgan fingerprint density at radius 2 is 1.92 bits per heavy atom. The van der Waals surface area contributed by atoms with E-state index >= 15 is 0 Å². The minimum absolute atomic E-state index is 0.00172. The summed E-state index contributed by atoms with van der Waals surface area (Å²) in [6.07, 6.45) is 1.05. The monoisotopic (exact) mass is 375 g/mol. The van der Waals surface area contributed by atoms with Gasteiger partial charge in [-0.1, -0.05) is 41.9 Å². The van der Waals surface area contributed by atoms with E-state index in [0.29, 0.717) is 29.2 Å². The van der Waals surface area contributed by atoms with Gasteiger partial charge in [-0.15, -0.1) is 0 Å². The van der Waals surface area contributed by atoms with Gasteiger partial charge in [-0.25, -0.2) is 0 Å². The Kier molecular flexibility index (Phi) is 7.48. The zero-order valence-electron chi connectivity index (χ0n) is 14.6. The Hall–Kier alpha value is -2.53. The van der Waals surface area contributed by atoms with Gasteiger partial charge in [-0.2, -0.15) is 0 Å². The van der Waals surface area contributed by atoms with Crippen LogP contribution in [0.4, 0.5) is 0 Å². The largest absolute Gasteiger partial charge is 0.496 e. The van der Waals surface area contributed by atoms with Crippen LogP contribution in [0.25, 0.3) is 0 Å². The topological polar surface area (TPSA) is 75.6 Å². The minimum atomic E-state index is -0.881. The highest BCUT2D eigenvalue weighted by Crippen LogP contribution is 2.23. The number of rotatable bonds is 9. The normalized spacial score (nSPS) is 11.6. The Bertz CT molecular complexity index is 749. The lowest BCUT2D eigenvalue weighted by Crippen LogP contribution is -2.37. The molecule has 0 radical (unpaired) electrons. The summed E-state index contributed by atoms with van der Waals surface area (Å²) >= 11 is 6.00. The molecule has 0 heterocycles. The molecule has 2 rings (SSSR count). The molecule has 0 spiro atoms. The molecule has 26 heavy (non-hydrogen) atoms. The Labute approximate surface area is 157 Å². The van der Waals surface area contributed by atoms with E-state index in [1.165, 1.54) is 7.11 Å². The molecule has 0 bridgehead atoms. The van der Waals surface area contributed by atoms with Crippen LogP contribution in [0.3, 0.4) is 0 Å². The summed E-state index contributed by atoms with van der Waals surface area (Å²) in [7, 11) is 1.54. The van der Waals surface area contributed by atoms with E-state index in [4.69, 9.17) is 21.4 Å². The van der Waals surface area contributed by atoms with Gasteiger partial charge in [0.2, 0.25) is 5.91 Å². The zero-order chi connectivity index (χ0) is 18.9. The van der Waals surface area contributed by atoms with Crippen LogP contribution < -0.4 is 10.1 Å². The highest BCUT2D eigenvalue weighted by Gasteiger charge is 2.16. The summed E-state index contributed by atoms with van der Waals surface area (Å²) < 4.78 is 5.26. The maximum absolute atomic E-state index is 12.5. The Balaban J connectivity index is 2.05. The van der Waals surface area contributed by atoms with Gasteiger partial charge < -0.3 is 15.2 Å². The number of methoxy groups -OCH3 is 1. The summed E-state index contributed by atoms with van der Waals surface area (Å²) in [5.74, 6) is -0.486. The van der Waals surface area contributed by atoms with E-state index in [-0.39, 0.29) is 24.8 Å². The number of amides is 1. The van der Waals surface area contributed by atoms with Crippen molar-refractivity contribution in [2.45, 2.75) is 31.7 Å². The highest BCUT2D eigenvalue weighted by molar-refractivity contribution is 6.30. The first kappa shape index (κ1) is 19.8. The van der Waals surface area contributed by atoms with Gasteiger partial charge in [0, 0.05) is 23.0 Å². The molecule has 0 saturated heterocycles. The first-order chi connectivity index (χ1) is 12.5. The third kappa shape index (κ3) is 6.41. The predicted octanol–water partition coefficient (Wildman–Crippen LogP) is 3.48. The van der Waals surface area contributed by atoms with E-state index in [1.54, 1.807) is 18.2 Å². The number of carboxylic acids is 1. The molecule has 2 N–H and O–H groups in total. The van der Waals surface area contributed by atoms with Gasteiger partial charge >= 0.3 is 5.97 Å². The Morgan fingerprint density at radius 3 is 2.58 bits per heavy atom. The summed E-state index contributed by atoms with van der Waals surface area (Å²) in [5.41, 5.74) is 1.73. The van der Waals surface area contributed by atoms with Gasteiger partial charge in [0.1, 0.15) is 5.75 Å². The second-order valence-electron chi connectivity index (χ2n) is 6.02. The first-order valence-corrected chi connectivity index (χ1v) is 8.73. The fourth-order valence-corrected chi connectivity index (χ4v) is 2.95. The maximum atomic E-state index is 12.5. The molecule has 5 nitrogen and oxygen atoms in total. The summed E-state index contributed by atoms with van der Waals surface area (Å²) in [6.45, 7) is 0. The second kappa shape index (κ2) is 9.82. The summed E-state index contributed by atoms with van der Waals surface area (Å²) in [5, 5.41) is 12.4. The standard InChI is InChI=1S/C20H22ClNO4/c1-26-18-9-7-16(21)12-15(18)13-19(23)22-17(8-10-20(24)25)11-14-5-3-2-4-6-14/h2-7,9,12,17H,8,10-11,13H2,1H3,(H,22,23)(H,24,25). The number of benzene rings is 2. The van der Waals surface area contributed by atoms with Crippen molar-refractivity contribution in [2.24, 2.45) is 0 Å². The number of hydrogen-bond acceptors (Lipinski definition) is 3. The second-order valence-corrected chi connectivity index (χ2v) is 6.46. The molecule has 6 heteroatoms. The molecule has 1 amide bonds. The minimum Gasteiger partial charge on any atom is -0.496 e. The van der Waals surface area contributed by atoms with E-state index in [0.717, 1.165) is 5.56 Å². The molecule has 0 aliphatic rings. The first-order valence-electron chi connectivity index (χ1n) is 8.35. The lowest BCUT2D eigenvalue weighted by molar-refractivity contribution is -0.137. The van der Waals surface area contributed by atoms with Crippen molar-refractivity contribution in [3.63, 3.8) is 0 Å². The molecule has 138 valence electrons. The van der Waals surface area contributed by atoms with Crippen LogP contribution >= 0.6 is 11.6 Å². The van der Waals surface area contributed by atoms with Crippen molar-refractivity contribution < 1.29 is 19.4 Å². The number of aliphatic carboxylic acids is 1. The van der Waals surface area contributed by atoms with Crippen molar-refractivity contribution in [2.75, 3.05) is 7.11 Å².